The zero-order valence-electron chi connectivity index (χ0n) is 47.1. The normalized spacial score (nSPS) is 12.3. The van der Waals surface area contributed by atoms with Gasteiger partial charge >= 0.3 is 0 Å². The quantitative estimate of drug-likeness (QED) is 0.0347. The molecule has 396 valence electrons. The van der Waals surface area contributed by atoms with Crippen molar-refractivity contribution in [3.05, 3.63) is 72.4 Å². The summed E-state index contributed by atoms with van der Waals surface area (Å²) in [5.74, 6) is 0. The monoisotopic (exact) mass is 943 g/mol. The lowest BCUT2D eigenvalue weighted by atomic mass is 10.0. The zero-order chi connectivity index (χ0) is 48.6. The van der Waals surface area contributed by atoms with Gasteiger partial charge in [-0.3, -0.25) is 0 Å². The Labute approximate surface area is 430 Å². The van der Waals surface area contributed by atoms with Gasteiger partial charge in [-0.25, -0.2) is 0 Å². The maximum atomic E-state index is 2.48. The molecule has 0 spiro atoms. The number of unbranched alkanes of at least 4 members (excludes halogenated alkanes) is 42. The minimum absolute atomic E-state index is 1.24. The first-order chi connectivity index (χ1) is 33.8. The van der Waals surface area contributed by atoms with Gasteiger partial charge in [0.1, 0.15) is 6.54 Å². The summed E-state index contributed by atoms with van der Waals surface area (Å²) < 4.78 is 1.34. The third-order valence-electron chi connectivity index (χ3n) is 15.3. The molecule has 1 aromatic rings. The summed E-state index contributed by atoms with van der Waals surface area (Å²) in [6.45, 7) is 12.3. The molecule has 0 radical (unpaired) electrons. The minimum atomic E-state index is 1.24. The Morgan fingerprint density at radius 1 is 0.250 bits per heavy atom. The Balaban J connectivity index is 2.48. The predicted molar refractivity (Wildman–Crippen MR) is 311 cm³/mol. The molecule has 0 saturated heterocycles. The SMILES string of the molecule is CCCCCCCCC/C=C/CCCCCCCCC[N+](CCCCCCCCC/C=C/CCCCCCCCC)(CCCCCCCCC/C=C/CCCCCCCCC)Cc1ccccc1. The van der Waals surface area contributed by atoms with Crippen molar-refractivity contribution < 1.29 is 4.48 Å². The second kappa shape index (κ2) is 54.7. The Hall–Kier alpha value is -1.60. The number of benzene rings is 1. The largest absolute Gasteiger partial charge is 0.320 e. The van der Waals surface area contributed by atoms with Crippen molar-refractivity contribution in [1.29, 1.82) is 0 Å². The molecule has 0 saturated carbocycles. The van der Waals surface area contributed by atoms with Crippen LogP contribution >= 0.6 is 0 Å². The van der Waals surface area contributed by atoms with E-state index in [1.165, 1.54) is 339 Å². The summed E-state index contributed by atoms with van der Waals surface area (Å²) in [6.07, 6.45) is 82.3. The van der Waals surface area contributed by atoms with Crippen molar-refractivity contribution in [2.75, 3.05) is 19.6 Å². The molecule has 0 atom stereocenters. The Morgan fingerprint density at radius 3 is 0.691 bits per heavy atom. The van der Waals surface area contributed by atoms with Crippen molar-refractivity contribution in [2.24, 2.45) is 0 Å². The van der Waals surface area contributed by atoms with Crippen LogP contribution in [0.1, 0.15) is 335 Å². The molecule has 0 unspecified atom stereocenters. The van der Waals surface area contributed by atoms with Gasteiger partial charge < -0.3 is 4.48 Å². The van der Waals surface area contributed by atoms with Gasteiger partial charge in [-0.05, 0) is 116 Å². The number of hydrogen-bond acceptors (Lipinski definition) is 0. The van der Waals surface area contributed by atoms with E-state index >= 15 is 0 Å². The summed E-state index contributed by atoms with van der Waals surface area (Å²) in [5.41, 5.74) is 1.57. The van der Waals surface area contributed by atoms with Gasteiger partial charge in [0.2, 0.25) is 0 Å². The first-order valence-electron chi connectivity index (χ1n) is 31.6. The lowest BCUT2D eigenvalue weighted by Gasteiger charge is -2.39. The molecule has 0 aliphatic rings. The van der Waals surface area contributed by atoms with Gasteiger partial charge in [-0.2, -0.15) is 0 Å². The predicted octanol–water partition coefficient (Wildman–Crippen LogP) is 23.5. The van der Waals surface area contributed by atoms with Crippen molar-refractivity contribution in [2.45, 2.75) is 336 Å². The highest BCUT2D eigenvalue weighted by molar-refractivity contribution is 5.13. The van der Waals surface area contributed by atoms with Crippen LogP contribution in [-0.4, -0.2) is 24.1 Å². The van der Waals surface area contributed by atoms with E-state index in [-0.39, 0.29) is 0 Å². The molecule has 0 aliphatic heterocycles. The fraction of sp³-hybridized carbons (Fsp3) is 0.821. The van der Waals surface area contributed by atoms with E-state index in [0.29, 0.717) is 0 Å². The van der Waals surface area contributed by atoms with Crippen LogP contribution < -0.4 is 0 Å². The second-order valence-electron chi connectivity index (χ2n) is 22.1. The van der Waals surface area contributed by atoms with E-state index in [1.54, 1.807) is 5.56 Å². The fourth-order valence-electron chi connectivity index (χ4n) is 10.7. The summed E-state index contributed by atoms with van der Waals surface area (Å²) in [6, 6.07) is 11.6. The zero-order valence-corrected chi connectivity index (χ0v) is 47.1. The summed E-state index contributed by atoms with van der Waals surface area (Å²) in [4.78, 5) is 0. The topological polar surface area (TPSA) is 0 Å². The van der Waals surface area contributed by atoms with Crippen LogP contribution in [0.3, 0.4) is 0 Å². The van der Waals surface area contributed by atoms with Gasteiger partial charge in [-0.1, -0.05) is 280 Å². The molecule has 0 fully saturated rings. The lowest BCUT2D eigenvalue weighted by molar-refractivity contribution is -0.941. The number of rotatable bonds is 56. The molecule has 0 amide bonds. The van der Waals surface area contributed by atoms with Crippen LogP contribution in [0.25, 0.3) is 0 Å². The van der Waals surface area contributed by atoms with E-state index in [2.05, 4.69) is 87.6 Å². The molecule has 1 heteroatoms. The van der Waals surface area contributed by atoms with Crippen LogP contribution in [-0.2, 0) is 6.54 Å². The molecule has 1 rings (SSSR count). The molecule has 0 bridgehead atoms. The second-order valence-corrected chi connectivity index (χ2v) is 22.1. The molecule has 1 aromatic carbocycles. The van der Waals surface area contributed by atoms with E-state index in [9.17, 15) is 0 Å². The Bertz CT molecular complexity index is 1050. The summed E-state index contributed by atoms with van der Waals surface area (Å²) in [7, 11) is 0. The maximum Gasteiger partial charge on any atom is 0.104 e. The maximum absolute atomic E-state index is 2.48. The van der Waals surface area contributed by atoms with Crippen LogP contribution in [0.4, 0.5) is 0 Å². The summed E-state index contributed by atoms with van der Waals surface area (Å²) in [5, 5.41) is 0. The van der Waals surface area contributed by atoms with Crippen molar-refractivity contribution in [3.8, 4) is 0 Å². The van der Waals surface area contributed by atoms with Crippen molar-refractivity contribution >= 4 is 0 Å². The first kappa shape index (κ1) is 64.4. The van der Waals surface area contributed by atoms with Gasteiger partial charge in [0.05, 0.1) is 19.6 Å². The molecule has 0 N–H and O–H groups in total. The standard InChI is InChI=1S/C67H124N/c1-4-7-10-13-16-19-22-25-28-31-34-37-40-43-46-49-52-58-63-68(66-67-61-56-55-57-62-67,64-59-53-50-47-44-41-38-35-32-29-26-23-20-17-14-11-8-5-2)65-60-54-51-48-45-42-39-36-33-30-27-24-21-18-15-12-9-6-3/h28-33,55-57,61-62H,4-27,34-54,58-60,63-66H2,1-3H3/q+1/b31-28+,32-29+,33-30+. The smallest absolute Gasteiger partial charge is 0.104 e. The molecular weight excluding hydrogens is 819 g/mol. The highest BCUT2D eigenvalue weighted by Crippen LogP contribution is 2.23. The molecule has 0 aliphatic carbocycles. The van der Waals surface area contributed by atoms with E-state index in [0.717, 1.165) is 0 Å². The van der Waals surface area contributed by atoms with Crippen molar-refractivity contribution in [1.82, 2.24) is 0 Å². The molecule has 0 aromatic heterocycles. The van der Waals surface area contributed by atoms with E-state index in [1.807, 2.05) is 0 Å². The number of quaternary nitrogens is 1. The van der Waals surface area contributed by atoms with Crippen LogP contribution in [0, 0.1) is 0 Å². The van der Waals surface area contributed by atoms with Gasteiger partial charge in [0.15, 0.2) is 0 Å². The highest BCUT2D eigenvalue weighted by atomic mass is 15.3. The summed E-state index contributed by atoms with van der Waals surface area (Å²) >= 11 is 0. The van der Waals surface area contributed by atoms with Gasteiger partial charge in [0.25, 0.3) is 0 Å². The Kier molecular flexibility index (Phi) is 51.8. The number of allylic oxidation sites excluding steroid dienone is 6. The minimum Gasteiger partial charge on any atom is -0.320 e. The van der Waals surface area contributed by atoms with Crippen LogP contribution in [0.5, 0.6) is 0 Å². The average molecular weight is 944 g/mol. The van der Waals surface area contributed by atoms with E-state index < -0.39 is 0 Å². The molecule has 0 heterocycles. The average Bonchev–Trinajstić information content (AvgIpc) is 3.35. The fourth-order valence-corrected chi connectivity index (χ4v) is 10.7. The first-order valence-corrected chi connectivity index (χ1v) is 31.6. The van der Waals surface area contributed by atoms with Crippen molar-refractivity contribution in [3.63, 3.8) is 0 Å². The number of hydrogen-bond donors (Lipinski definition) is 0. The van der Waals surface area contributed by atoms with Gasteiger partial charge in [0, 0.05) is 5.56 Å². The third-order valence-corrected chi connectivity index (χ3v) is 15.3. The van der Waals surface area contributed by atoms with E-state index in [4.69, 9.17) is 0 Å². The molecule has 68 heavy (non-hydrogen) atoms. The van der Waals surface area contributed by atoms with Crippen LogP contribution in [0.2, 0.25) is 0 Å². The molecular formula is C67H124N+. The van der Waals surface area contributed by atoms with Gasteiger partial charge in [-0.15, -0.1) is 0 Å². The van der Waals surface area contributed by atoms with Crippen LogP contribution in [0.15, 0.2) is 66.8 Å². The lowest BCUT2D eigenvalue weighted by Crippen LogP contribution is -2.49. The third kappa shape index (κ3) is 46.8. The Morgan fingerprint density at radius 2 is 0.456 bits per heavy atom. The number of nitrogens with zero attached hydrogens (tertiary/aromatic N) is 1. The molecule has 1 nitrogen and oxygen atoms in total. The highest BCUT2D eigenvalue weighted by Gasteiger charge is 2.26.